The number of imidazole rings is 1. The molecule has 0 saturated carbocycles. The van der Waals surface area contributed by atoms with Crippen LogP contribution in [0.4, 0.5) is 0 Å². The molecule has 4 nitrogen and oxygen atoms in total. The van der Waals surface area contributed by atoms with Crippen LogP contribution < -0.4 is 5.32 Å². The van der Waals surface area contributed by atoms with Crippen LogP contribution in [0.15, 0.2) is 12.5 Å². The van der Waals surface area contributed by atoms with Gasteiger partial charge in [-0.2, -0.15) is 0 Å². The van der Waals surface area contributed by atoms with Crippen molar-refractivity contribution in [3.05, 3.63) is 18.2 Å². The fourth-order valence-electron chi connectivity index (χ4n) is 1.21. The fourth-order valence-corrected chi connectivity index (χ4v) is 1.21. The van der Waals surface area contributed by atoms with E-state index in [0.29, 0.717) is 12.6 Å². The van der Waals surface area contributed by atoms with Gasteiger partial charge in [0.15, 0.2) is 0 Å². The van der Waals surface area contributed by atoms with Crippen molar-refractivity contribution in [1.29, 1.82) is 0 Å². The van der Waals surface area contributed by atoms with Gasteiger partial charge in [0, 0.05) is 25.3 Å². The lowest BCUT2D eigenvalue weighted by Crippen LogP contribution is -2.22. The van der Waals surface area contributed by atoms with Crippen molar-refractivity contribution in [1.82, 2.24) is 14.9 Å². The summed E-state index contributed by atoms with van der Waals surface area (Å²) < 4.78 is 1.90. The van der Waals surface area contributed by atoms with Crippen molar-refractivity contribution in [3.63, 3.8) is 0 Å². The first-order valence-corrected chi connectivity index (χ1v) is 5.00. The molecule has 1 aromatic rings. The molecule has 0 bridgehead atoms. The van der Waals surface area contributed by atoms with Gasteiger partial charge in [-0.1, -0.05) is 13.8 Å². The lowest BCUT2D eigenvalue weighted by atomic mass is 10.3. The molecule has 1 heterocycles. The van der Waals surface area contributed by atoms with Crippen LogP contribution in [-0.2, 0) is 13.1 Å². The van der Waals surface area contributed by atoms with Gasteiger partial charge in [-0.15, -0.1) is 0 Å². The molecule has 1 aromatic heterocycles. The molecule has 0 fully saturated rings. The summed E-state index contributed by atoms with van der Waals surface area (Å²) in [6.07, 6.45) is 3.39. The molecular weight excluding hydrogens is 178 g/mol. The molecule has 4 heteroatoms. The van der Waals surface area contributed by atoms with E-state index in [0.717, 1.165) is 12.2 Å². The molecule has 2 N–H and O–H groups in total. The van der Waals surface area contributed by atoms with Gasteiger partial charge < -0.3 is 15.0 Å². The Morgan fingerprint density at radius 1 is 1.50 bits per heavy atom. The summed E-state index contributed by atoms with van der Waals surface area (Å²) in [5, 5.41) is 12.5. The molecule has 0 aliphatic carbocycles. The van der Waals surface area contributed by atoms with Crippen LogP contribution in [0.1, 0.15) is 26.5 Å². The first kappa shape index (κ1) is 11.2. The molecule has 0 spiro atoms. The van der Waals surface area contributed by atoms with E-state index in [1.54, 1.807) is 13.3 Å². The SMILES string of the molecule is CC(O)Cn1cnc(CNC(C)C)c1. The fraction of sp³-hybridized carbons (Fsp3) is 0.700. The molecule has 1 atom stereocenters. The van der Waals surface area contributed by atoms with Gasteiger partial charge in [-0.25, -0.2) is 4.98 Å². The Morgan fingerprint density at radius 3 is 2.79 bits per heavy atom. The zero-order valence-corrected chi connectivity index (χ0v) is 9.07. The average molecular weight is 197 g/mol. The Kier molecular flexibility index (Phi) is 4.10. The monoisotopic (exact) mass is 197 g/mol. The molecule has 0 aliphatic heterocycles. The third-order valence-corrected chi connectivity index (χ3v) is 1.85. The second kappa shape index (κ2) is 5.12. The molecule has 0 aliphatic rings. The molecule has 1 unspecified atom stereocenters. The van der Waals surface area contributed by atoms with Gasteiger partial charge in [-0.05, 0) is 6.92 Å². The largest absolute Gasteiger partial charge is 0.392 e. The van der Waals surface area contributed by atoms with E-state index in [-0.39, 0.29) is 6.10 Å². The number of aliphatic hydroxyl groups excluding tert-OH is 1. The van der Waals surface area contributed by atoms with Crippen molar-refractivity contribution >= 4 is 0 Å². The smallest absolute Gasteiger partial charge is 0.0950 e. The quantitative estimate of drug-likeness (QED) is 0.732. The van der Waals surface area contributed by atoms with Crippen LogP contribution in [0, 0.1) is 0 Å². The molecule has 0 amide bonds. The van der Waals surface area contributed by atoms with E-state index in [9.17, 15) is 0 Å². The van der Waals surface area contributed by atoms with Crippen LogP contribution >= 0.6 is 0 Å². The lowest BCUT2D eigenvalue weighted by molar-refractivity contribution is 0.173. The molecule has 0 aromatic carbocycles. The van der Waals surface area contributed by atoms with Crippen LogP contribution in [-0.4, -0.2) is 26.8 Å². The molecule has 14 heavy (non-hydrogen) atoms. The minimum Gasteiger partial charge on any atom is -0.392 e. The average Bonchev–Trinajstić information content (AvgIpc) is 2.47. The highest BCUT2D eigenvalue weighted by Crippen LogP contribution is 1.98. The predicted octanol–water partition coefficient (Wildman–Crippen LogP) is 0.762. The van der Waals surface area contributed by atoms with Crippen LogP contribution in [0.3, 0.4) is 0 Å². The summed E-state index contributed by atoms with van der Waals surface area (Å²) in [5.41, 5.74) is 1.01. The Balaban J connectivity index is 2.42. The van der Waals surface area contributed by atoms with Crippen molar-refractivity contribution in [2.45, 2.75) is 46.0 Å². The number of rotatable bonds is 5. The number of hydrogen-bond acceptors (Lipinski definition) is 3. The van der Waals surface area contributed by atoms with E-state index in [2.05, 4.69) is 24.1 Å². The van der Waals surface area contributed by atoms with E-state index in [4.69, 9.17) is 5.11 Å². The predicted molar refractivity (Wildman–Crippen MR) is 55.9 cm³/mol. The van der Waals surface area contributed by atoms with Gasteiger partial charge >= 0.3 is 0 Å². The van der Waals surface area contributed by atoms with E-state index in [1.165, 1.54) is 0 Å². The summed E-state index contributed by atoms with van der Waals surface area (Å²) in [7, 11) is 0. The Bertz CT molecular complexity index is 268. The highest BCUT2D eigenvalue weighted by Gasteiger charge is 2.01. The second-order valence-electron chi connectivity index (χ2n) is 3.95. The van der Waals surface area contributed by atoms with E-state index >= 15 is 0 Å². The Hall–Kier alpha value is -0.870. The number of nitrogens with one attached hydrogen (secondary N) is 1. The van der Waals surface area contributed by atoms with Crippen molar-refractivity contribution in [3.8, 4) is 0 Å². The minimum absolute atomic E-state index is 0.324. The molecule has 80 valence electrons. The van der Waals surface area contributed by atoms with Gasteiger partial charge in [0.2, 0.25) is 0 Å². The van der Waals surface area contributed by atoms with E-state index < -0.39 is 0 Å². The van der Waals surface area contributed by atoms with Crippen LogP contribution in [0.2, 0.25) is 0 Å². The van der Waals surface area contributed by atoms with Gasteiger partial charge in [0.25, 0.3) is 0 Å². The maximum atomic E-state index is 9.17. The third-order valence-electron chi connectivity index (χ3n) is 1.85. The van der Waals surface area contributed by atoms with Gasteiger partial charge in [0.1, 0.15) is 0 Å². The van der Waals surface area contributed by atoms with Crippen molar-refractivity contribution < 1.29 is 5.11 Å². The van der Waals surface area contributed by atoms with Crippen LogP contribution in [0.5, 0.6) is 0 Å². The summed E-state index contributed by atoms with van der Waals surface area (Å²) >= 11 is 0. The van der Waals surface area contributed by atoms with E-state index in [1.807, 2.05) is 10.8 Å². The molecule has 0 radical (unpaired) electrons. The highest BCUT2D eigenvalue weighted by molar-refractivity contribution is 4.96. The lowest BCUT2D eigenvalue weighted by Gasteiger charge is -2.05. The Morgan fingerprint density at radius 2 is 2.21 bits per heavy atom. The standard InChI is InChI=1S/C10H19N3O/c1-8(2)11-4-10-6-13(7-12-10)5-9(3)14/h6-9,11,14H,4-5H2,1-3H3. The number of aromatic nitrogens is 2. The minimum atomic E-state index is -0.324. The van der Waals surface area contributed by atoms with Crippen molar-refractivity contribution in [2.75, 3.05) is 0 Å². The van der Waals surface area contributed by atoms with Gasteiger partial charge in [0.05, 0.1) is 18.1 Å². The topological polar surface area (TPSA) is 50.1 Å². The summed E-state index contributed by atoms with van der Waals surface area (Å²) in [5.74, 6) is 0. The van der Waals surface area contributed by atoms with Crippen molar-refractivity contribution in [2.24, 2.45) is 0 Å². The Labute approximate surface area is 85.0 Å². The molecule has 1 rings (SSSR count). The first-order chi connectivity index (χ1) is 6.58. The third kappa shape index (κ3) is 3.89. The molecule has 0 saturated heterocycles. The summed E-state index contributed by atoms with van der Waals surface area (Å²) in [6.45, 7) is 7.37. The first-order valence-electron chi connectivity index (χ1n) is 5.00. The number of aliphatic hydroxyl groups is 1. The zero-order chi connectivity index (χ0) is 10.6. The normalized spacial score (nSPS) is 13.5. The highest BCUT2D eigenvalue weighted by atomic mass is 16.3. The summed E-state index contributed by atoms with van der Waals surface area (Å²) in [6, 6.07) is 0.469. The molecular formula is C10H19N3O. The maximum absolute atomic E-state index is 9.17. The number of nitrogens with zero attached hydrogens (tertiary/aromatic N) is 2. The zero-order valence-electron chi connectivity index (χ0n) is 9.07. The second-order valence-corrected chi connectivity index (χ2v) is 3.95. The number of hydrogen-bond donors (Lipinski definition) is 2. The summed E-state index contributed by atoms with van der Waals surface area (Å²) in [4.78, 5) is 4.23. The van der Waals surface area contributed by atoms with Gasteiger partial charge in [-0.3, -0.25) is 0 Å². The maximum Gasteiger partial charge on any atom is 0.0950 e. The van der Waals surface area contributed by atoms with Crippen LogP contribution in [0.25, 0.3) is 0 Å².